The largest absolute Gasteiger partial charge is 0.0786 e. The van der Waals surface area contributed by atoms with Crippen LogP contribution in [-0.4, -0.2) is 0 Å². The van der Waals surface area contributed by atoms with Crippen molar-refractivity contribution >= 4 is 38.5 Å². The molecule has 0 nitrogen and oxygen atoms in total. The molecule has 0 aliphatic carbocycles. The van der Waals surface area contributed by atoms with Crippen molar-refractivity contribution in [3.63, 3.8) is 0 Å². The van der Waals surface area contributed by atoms with Gasteiger partial charge < -0.3 is 0 Å². The molecule has 0 aliphatic heterocycles. The maximum atomic E-state index is 3.92. The van der Waals surface area contributed by atoms with Crippen LogP contribution in [0.4, 0.5) is 0 Å². The third kappa shape index (κ3) is 3.89. The van der Waals surface area contributed by atoms with Crippen molar-refractivity contribution < 1.29 is 0 Å². The van der Waals surface area contributed by atoms with E-state index in [0.717, 1.165) is 0 Å². The molecule has 21 heavy (non-hydrogen) atoms. The maximum absolute atomic E-state index is 3.92. The third-order valence-corrected chi connectivity index (χ3v) is 5.82. The van der Waals surface area contributed by atoms with Crippen LogP contribution >= 0.6 is 38.5 Å². The zero-order valence-corrected chi connectivity index (χ0v) is 16.8. The lowest BCUT2D eigenvalue weighted by atomic mass is 9.89. The normalized spacial score (nSPS) is 13.0. The van der Waals surface area contributed by atoms with Gasteiger partial charge in [0.15, 0.2) is 0 Å². The van der Waals surface area contributed by atoms with Crippen molar-refractivity contribution in [2.24, 2.45) is 0 Å². The molecule has 0 bridgehead atoms. The lowest BCUT2D eigenvalue weighted by Crippen LogP contribution is -2.03. The van der Waals surface area contributed by atoms with Gasteiger partial charge in [-0.05, 0) is 62.7 Å². The molecule has 0 amide bonds. The molecule has 2 aromatic rings. The molecule has 2 aromatic carbocycles. The number of hydrogen-bond acceptors (Lipinski definition) is 0. The fraction of sp³-hybridized carbons (Fsp3) is 0.368. The summed E-state index contributed by atoms with van der Waals surface area (Å²) < 4.78 is 1.31. The lowest BCUT2D eigenvalue weighted by molar-refractivity contribution is 0.820. The van der Waals surface area contributed by atoms with E-state index in [2.05, 4.69) is 109 Å². The van der Waals surface area contributed by atoms with Gasteiger partial charge in [-0.15, -0.1) is 0 Å². The summed E-state index contributed by atoms with van der Waals surface area (Å²) in [7, 11) is 0. The molecular weight excluding hydrogens is 435 g/mol. The molecule has 0 N–H and O–H groups in total. The molecule has 112 valence electrons. The van der Waals surface area contributed by atoms with Crippen LogP contribution in [0, 0.1) is 3.57 Å². The van der Waals surface area contributed by atoms with Gasteiger partial charge in [-0.2, -0.15) is 0 Å². The van der Waals surface area contributed by atoms with Gasteiger partial charge in [0.05, 0.1) is 4.83 Å². The van der Waals surface area contributed by atoms with Gasteiger partial charge in [-0.3, -0.25) is 0 Å². The summed E-state index contributed by atoms with van der Waals surface area (Å²) in [5, 5.41) is 0. The van der Waals surface area contributed by atoms with E-state index in [9.17, 15) is 0 Å². The molecule has 2 heteroatoms. The minimum absolute atomic E-state index is 0.254. The van der Waals surface area contributed by atoms with Crippen LogP contribution in [0.15, 0.2) is 42.5 Å². The molecule has 2 rings (SSSR count). The van der Waals surface area contributed by atoms with E-state index in [4.69, 9.17) is 0 Å². The second kappa shape index (κ2) is 7.28. The minimum atomic E-state index is 0.254. The van der Waals surface area contributed by atoms with Crippen LogP contribution < -0.4 is 0 Å². The summed E-state index contributed by atoms with van der Waals surface area (Å²) in [5.74, 6) is 1.10. The molecule has 0 radical (unpaired) electrons. The molecule has 0 aliphatic rings. The topological polar surface area (TPSA) is 0 Å². The molecule has 0 fully saturated rings. The van der Waals surface area contributed by atoms with Crippen molar-refractivity contribution in [1.29, 1.82) is 0 Å². The second-order valence-corrected chi connectivity index (χ2v) is 8.16. The van der Waals surface area contributed by atoms with Crippen molar-refractivity contribution in [3.05, 3.63) is 68.3 Å². The van der Waals surface area contributed by atoms with Gasteiger partial charge in [0, 0.05) is 3.57 Å². The van der Waals surface area contributed by atoms with E-state index in [-0.39, 0.29) is 4.83 Å². The highest BCUT2D eigenvalue weighted by atomic mass is 127. The number of rotatable bonds is 4. The average Bonchev–Trinajstić information content (AvgIpc) is 2.46. The summed E-state index contributed by atoms with van der Waals surface area (Å²) in [4.78, 5) is 0.254. The Labute approximate surface area is 150 Å². The lowest BCUT2D eigenvalue weighted by Gasteiger charge is -2.21. The Hall–Kier alpha value is -0.350. The first-order valence-corrected chi connectivity index (χ1v) is 9.43. The average molecular weight is 457 g/mol. The van der Waals surface area contributed by atoms with Crippen LogP contribution in [0.1, 0.15) is 66.6 Å². The number of hydrogen-bond donors (Lipinski definition) is 0. The molecule has 0 spiro atoms. The Morgan fingerprint density at radius 3 is 2.05 bits per heavy atom. The number of alkyl halides is 1. The SMILES string of the molecule is CC(C)c1ccc(C(Br)c2ccccc2I)c(C(C)C)c1. The Morgan fingerprint density at radius 2 is 1.48 bits per heavy atom. The summed E-state index contributed by atoms with van der Waals surface area (Å²) >= 11 is 6.34. The molecule has 0 saturated heterocycles. The van der Waals surface area contributed by atoms with E-state index >= 15 is 0 Å². The van der Waals surface area contributed by atoms with Crippen molar-refractivity contribution in [2.45, 2.75) is 44.4 Å². The van der Waals surface area contributed by atoms with Crippen LogP contribution in [0.5, 0.6) is 0 Å². The smallest absolute Gasteiger partial charge is 0.0657 e. The van der Waals surface area contributed by atoms with Crippen LogP contribution in [0.2, 0.25) is 0 Å². The van der Waals surface area contributed by atoms with Crippen LogP contribution in [0.25, 0.3) is 0 Å². The van der Waals surface area contributed by atoms with Gasteiger partial charge in [0.25, 0.3) is 0 Å². The summed E-state index contributed by atoms with van der Waals surface area (Å²) in [6.07, 6.45) is 0. The first kappa shape index (κ1) is 17.0. The first-order valence-electron chi connectivity index (χ1n) is 7.44. The number of halogens is 2. The van der Waals surface area contributed by atoms with E-state index < -0.39 is 0 Å². The molecule has 1 atom stereocenters. The highest BCUT2D eigenvalue weighted by Crippen LogP contribution is 2.38. The van der Waals surface area contributed by atoms with Gasteiger partial charge in [0.2, 0.25) is 0 Å². The summed E-state index contributed by atoms with van der Waals surface area (Å²) in [6.45, 7) is 9.06. The Morgan fingerprint density at radius 1 is 0.810 bits per heavy atom. The zero-order chi connectivity index (χ0) is 15.6. The fourth-order valence-electron chi connectivity index (χ4n) is 2.53. The standard InChI is InChI=1S/C19H22BrI/c1-12(2)14-9-10-15(17(11-14)13(3)4)19(20)16-7-5-6-8-18(16)21/h5-13,19H,1-4H3. The van der Waals surface area contributed by atoms with E-state index in [0.29, 0.717) is 11.8 Å². The van der Waals surface area contributed by atoms with E-state index in [1.165, 1.54) is 25.8 Å². The van der Waals surface area contributed by atoms with E-state index in [1.54, 1.807) is 0 Å². The third-order valence-electron chi connectivity index (χ3n) is 3.85. The van der Waals surface area contributed by atoms with Crippen molar-refractivity contribution in [2.75, 3.05) is 0 Å². The van der Waals surface area contributed by atoms with Gasteiger partial charge >= 0.3 is 0 Å². The fourth-order valence-corrected chi connectivity index (χ4v) is 4.47. The highest BCUT2D eigenvalue weighted by Gasteiger charge is 2.19. The van der Waals surface area contributed by atoms with Crippen LogP contribution in [-0.2, 0) is 0 Å². The first-order chi connectivity index (χ1) is 9.91. The summed E-state index contributed by atoms with van der Waals surface area (Å²) in [6, 6.07) is 15.5. The molecular formula is C19H22BrI. The molecule has 0 saturated carbocycles. The van der Waals surface area contributed by atoms with Crippen LogP contribution in [0.3, 0.4) is 0 Å². The molecule has 0 aromatic heterocycles. The predicted octanol–water partition coefficient (Wildman–Crippen LogP) is 7.02. The number of benzene rings is 2. The summed E-state index contributed by atoms with van der Waals surface area (Å²) in [5.41, 5.74) is 5.60. The van der Waals surface area contributed by atoms with E-state index in [1.807, 2.05) is 0 Å². The maximum Gasteiger partial charge on any atom is 0.0657 e. The Balaban J connectivity index is 2.50. The zero-order valence-electron chi connectivity index (χ0n) is 13.0. The Kier molecular flexibility index (Phi) is 5.89. The highest BCUT2D eigenvalue weighted by molar-refractivity contribution is 14.1. The molecule has 0 heterocycles. The second-order valence-electron chi connectivity index (χ2n) is 6.08. The molecule has 1 unspecified atom stereocenters. The Bertz CT molecular complexity index is 617. The minimum Gasteiger partial charge on any atom is -0.0786 e. The monoisotopic (exact) mass is 456 g/mol. The van der Waals surface area contributed by atoms with Gasteiger partial charge in [0.1, 0.15) is 0 Å². The van der Waals surface area contributed by atoms with Gasteiger partial charge in [-0.1, -0.05) is 80.0 Å². The van der Waals surface area contributed by atoms with Crippen molar-refractivity contribution in [3.8, 4) is 0 Å². The van der Waals surface area contributed by atoms with Crippen molar-refractivity contribution in [1.82, 2.24) is 0 Å². The predicted molar refractivity (Wildman–Crippen MR) is 105 cm³/mol. The van der Waals surface area contributed by atoms with Gasteiger partial charge in [-0.25, -0.2) is 0 Å². The quantitative estimate of drug-likeness (QED) is 0.342.